The van der Waals surface area contributed by atoms with Crippen molar-refractivity contribution in [2.75, 3.05) is 37.6 Å². The van der Waals surface area contributed by atoms with Crippen LogP contribution in [0.3, 0.4) is 0 Å². The SMILES string of the molecule is CC(C)CN1CCN(c2ccccc2C2=CCCCCC2)CC1.Cl. The van der Waals surface area contributed by atoms with Gasteiger partial charge < -0.3 is 4.90 Å². The summed E-state index contributed by atoms with van der Waals surface area (Å²) in [5.41, 5.74) is 4.54. The largest absolute Gasteiger partial charge is 0.368 e. The van der Waals surface area contributed by atoms with E-state index in [4.69, 9.17) is 0 Å². The number of allylic oxidation sites excluding steroid dienone is 2. The van der Waals surface area contributed by atoms with Crippen LogP contribution >= 0.6 is 12.4 Å². The molecule has 24 heavy (non-hydrogen) atoms. The predicted octanol–water partition coefficient (Wildman–Crippen LogP) is 5.23. The monoisotopic (exact) mass is 348 g/mol. The third-order valence-electron chi connectivity index (χ3n) is 5.13. The maximum atomic E-state index is 2.62. The molecule has 1 heterocycles. The number of nitrogens with zero attached hydrogens (tertiary/aromatic N) is 2. The Morgan fingerprint density at radius 1 is 0.958 bits per heavy atom. The van der Waals surface area contributed by atoms with Crippen LogP contribution in [0, 0.1) is 5.92 Å². The molecule has 1 aromatic rings. The predicted molar refractivity (Wildman–Crippen MR) is 108 cm³/mol. The van der Waals surface area contributed by atoms with Crippen molar-refractivity contribution in [1.29, 1.82) is 0 Å². The van der Waals surface area contributed by atoms with Crippen LogP contribution in [0.2, 0.25) is 0 Å². The quantitative estimate of drug-likeness (QED) is 0.734. The van der Waals surface area contributed by atoms with Gasteiger partial charge in [0.05, 0.1) is 0 Å². The van der Waals surface area contributed by atoms with E-state index in [0.29, 0.717) is 0 Å². The Morgan fingerprint density at radius 2 is 1.71 bits per heavy atom. The van der Waals surface area contributed by atoms with Crippen molar-refractivity contribution in [3.05, 3.63) is 35.9 Å². The first-order chi connectivity index (χ1) is 11.2. The summed E-state index contributed by atoms with van der Waals surface area (Å²) in [5.74, 6) is 0.769. The van der Waals surface area contributed by atoms with Gasteiger partial charge in [-0.1, -0.05) is 44.5 Å². The molecule has 1 aliphatic heterocycles. The van der Waals surface area contributed by atoms with E-state index in [9.17, 15) is 0 Å². The van der Waals surface area contributed by atoms with Crippen LogP contribution in [-0.2, 0) is 0 Å². The average Bonchev–Trinajstić information content (AvgIpc) is 2.84. The van der Waals surface area contributed by atoms with Crippen LogP contribution in [0.5, 0.6) is 0 Å². The van der Waals surface area contributed by atoms with E-state index < -0.39 is 0 Å². The Balaban J connectivity index is 0.00000208. The van der Waals surface area contributed by atoms with Crippen LogP contribution in [0.15, 0.2) is 30.3 Å². The molecule has 0 amide bonds. The molecule has 1 saturated heterocycles. The highest BCUT2D eigenvalue weighted by molar-refractivity contribution is 5.85. The molecule has 0 saturated carbocycles. The second-order valence-electron chi connectivity index (χ2n) is 7.53. The minimum Gasteiger partial charge on any atom is -0.368 e. The number of benzene rings is 1. The van der Waals surface area contributed by atoms with Gasteiger partial charge in [-0.05, 0) is 43.2 Å². The highest BCUT2D eigenvalue weighted by Crippen LogP contribution is 2.33. The Kier molecular flexibility index (Phi) is 7.64. The van der Waals surface area contributed by atoms with Crippen molar-refractivity contribution in [2.45, 2.75) is 46.0 Å². The first kappa shape index (κ1) is 19.3. The lowest BCUT2D eigenvalue weighted by Gasteiger charge is -2.38. The molecule has 2 nitrogen and oxygen atoms in total. The summed E-state index contributed by atoms with van der Waals surface area (Å²) in [6, 6.07) is 9.09. The second kappa shape index (κ2) is 9.48. The van der Waals surface area contributed by atoms with Gasteiger partial charge in [-0.3, -0.25) is 4.90 Å². The number of hydrogen-bond donors (Lipinski definition) is 0. The van der Waals surface area contributed by atoms with E-state index in [-0.39, 0.29) is 12.4 Å². The molecule has 0 aromatic heterocycles. The molecule has 3 rings (SSSR count). The van der Waals surface area contributed by atoms with Gasteiger partial charge in [-0.2, -0.15) is 0 Å². The molecule has 0 bridgehead atoms. The van der Waals surface area contributed by atoms with Crippen molar-refractivity contribution in [3.8, 4) is 0 Å². The van der Waals surface area contributed by atoms with E-state index in [0.717, 1.165) is 19.0 Å². The zero-order valence-corrected chi connectivity index (χ0v) is 16.2. The highest BCUT2D eigenvalue weighted by Gasteiger charge is 2.20. The highest BCUT2D eigenvalue weighted by atomic mass is 35.5. The molecule has 3 heteroatoms. The second-order valence-corrected chi connectivity index (χ2v) is 7.53. The van der Waals surface area contributed by atoms with Gasteiger partial charge in [0.2, 0.25) is 0 Å². The van der Waals surface area contributed by atoms with Crippen LogP contribution < -0.4 is 4.90 Å². The molecule has 0 spiro atoms. The van der Waals surface area contributed by atoms with E-state index in [1.165, 1.54) is 63.0 Å². The zero-order valence-electron chi connectivity index (χ0n) is 15.3. The lowest BCUT2D eigenvalue weighted by Crippen LogP contribution is -2.47. The summed E-state index contributed by atoms with van der Waals surface area (Å²) in [7, 11) is 0. The van der Waals surface area contributed by atoms with Crippen molar-refractivity contribution < 1.29 is 0 Å². The first-order valence-corrected chi connectivity index (χ1v) is 9.50. The lowest BCUT2D eigenvalue weighted by atomic mass is 9.98. The minimum absolute atomic E-state index is 0. The summed E-state index contributed by atoms with van der Waals surface area (Å²) in [4.78, 5) is 5.23. The normalized spacial score (nSPS) is 19.6. The molecule has 1 aliphatic carbocycles. The number of piperazine rings is 1. The van der Waals surface area contributed by atoms with E-state index in [2.05, 4.69) is 54.0 Å². The molecule has 0 atom stereocenters. The summed E-state index contributed by atoms with van der Waals surface area (Å²) in [5, 5.41) is 0. The van der Waals surface area contributed by atoms with Gasteiger partial charge in [0.25, 0.3) is 0 Å². The molecule has 1 aromatic carbocycles. The van der Waals surface area contributed by atoms with Gasteiger partial charge in [0.1, 0.15) is 0 Å². The number of anilines is 1. The molecule has 0 radical (unpaired) electrons. The average molecular weight is 349 g/mol. The standard InChI is InChI=1S/C21H32N2.ClH/c1-18(2)17-22-13-15-23(16-14-22)21-12-8-7-11-20(21)19-9-5-3-4-6-10-19;/h7-9,11-12,18H,3-6,10,13-17H2,1-2H3;1H. The summed E-state index contributed by atoms with van der Waals surface area (Å²) in [6.45, 7) is 10.6. The van der Waals surface area contributed by atoms with Crippen LogP contribution in [-0.4, -0.2) is 37.6 Å². The molecule has 2 aliphatic rings. The fraction of sp³-hybridized carbons (Fsp3) is 0.619. The zero-order chi connectivity index (χ0) is 16.1. The fourth-order valence-corrected chi connectivity index (χ4v) is 3.97. The molecule has 0 N–H and O–H groups in total. The maximum Gasteiger partial charge on any atom is 0.0443 e. The summed E-state index contributed by atoms with van der Waals surface area (Å²) >= 11 is 0. The lowest BCUT2D eigenvalue weighted by molar-refractivity contribution is 0.231. The number of hydrogen-bond acceptors (Lipinski definition) is 2. The molecule has 1 fully saturated rings. The number of halogens is 1. The summed E-state index contributed by atoms with van der Waals surface area (Å²) in [6.07, 6.45) is 9.11. The first-order valence-electron chi connectivity index (χ1n) is 9.50. The van der Waals surface area contributed by atoms with E-state index in [1.807, 2.05) is 0 Å². The molecular formula is C21H33ClN2. The third kappa shape index (κ3) is 5.00. The van der Waals surface area contributed by atoms with Crippen LogP contribution in [0.4, 0.5) is 5.69 Å². The van der Waals surface area contributed by atoms with Crippen molar-refractivity contribution in [2.24, 2.45) is 5.92 Å². The van der Waals surface area contributed by atoms with Gasteiger partial charge in [0, 0.05) is 44.0 Å². The summed E-state index contributed by atoms with van der Waals surface area (Å²) < 4.78 is 0. The minimum atomic E-state index is 0. The van der Waals surface area contributed by atoms with Gasteiger partial charge >= 0.3 is 0 Å². The fourth-order valence-electron chi connectivity index (χ4n) is 3.97. The Labute approximate surface area is 154 Å². The van der Waals surface area contributed by atoms with E-state index in [1.54, 1.807) is 5.57 Å². The van der Waals surface area contributed by atoms with Crippen LogP contribution in [0.25, 0.3) is 5.57 Å². The topological polar surface area (TPSA) is 6.48 Å². The van der Waals surface area contributed by atoms with Gasteiger partial charge in [-0.15, -0.1) is 12.4 Å². The molecule has 134 valence electrons. The van der Waals surface area contributed by atoms with Gasteiger partial charge in [0.15, 0.2) is 0 Å². The third-order valence-corrected chi connectivity index (χ3v) is 5.13. The number of rotatable bonds is 4. The van der Waals surface area contributed by atoms with E-state index >= 15 is 0 Å². The smallest absolute Gasteiger partial charge is 0.0443 e. The van der Waals surface area contributed by atoms with Crippen molar-refractivity contribution >= 4 is 23.7 Å². The number of para-hydroxylation sites is 1. The van der Waals surface area contributed by atoms with Crippen molar-refractivity contribution in [1.82, 2.24) is 4.90 Å². The Bertz CT molecular complexity index is 530. The Hall–Kier alpha value is -0.990. The molecular weight excluding hydrogens is 316 g/mol. The molecule has 0 unspecified atom stereocenters. The Morgan fingerprint density at radius 3 is 2.46 bits per heavy atom. The van der Waals surface area contributed by atoms with Gasteiger partial charge in [-0.25, -0.2) is 0 Å². The maximum absolute atomic E-state index is 2.62. The van der Waals surface area contributed by atoms with Crippen LogP contribution in [0.1, 0.15) is 51.5 Å². The van der Waals surface area contributed by atoms with Crippen molar-refractivity contribution in [3.63, 3.8) is 0 Å².